The van der Waals surface area contributed by atoms with Crippen molar-refractivity contribution in [3.8, 4) is 0 Å². The van der Waals surface area contributed by atoms with Crippen molar-refractivity contribution in [2.75, 3.05) is 13.2 Å². The van der Waals surface area contributed by atoms with Gasteiger partial charge in [-0.15, -0.1) is 11.8 Å². The number of rotatable bonds is 8. The van der Waals surface area contributed by atoms with E-state index < -0.39 is 0 Å². The molecule has 4 aliphatic rings. The molecule has 0 bridgehead atoms. The quantitative estimate of drug-likeness (QED) is 0.606. The Morgan fingerprint density at radius 3 is 1.52 bits per heavy atom. The van der Waals surface area contributed by atoms with Gasteiger partial charge in [-0.3, -0.25) is 0 Å². The molecular weight excluding hydrogens is 304 g/mol. The predicted molar refractivity (Wildman–Crippen MR) is 97.0 cm³/mol. The van der Waals surface area contributed by atoms with Gasteiger partial charge < -0.3 is 9.47 Å². The molecule has 4 rings (SSSR count). The van der Waals surface area contributed by atoms with E-state index in [1.54, 1.807) is 0 Å². The average Bonchev–Trinajstić information content (AvgIpc) is 3.33. The van der Waals surface area contributed by atoms with Crippen LogP contribution in [0.5, 0.6) is 0 Å². The molecule has 2 aliphatic carbocycles. The third kappa shape index (κ3) is 3.11. The van der Waals surface area contributed by atoms with Crippen LogP contribution in [0.4, 0.5) is 0 Å². The summed E-state index contributed by atoms with van der Waals surface area (Å²) in [5.41, 5.74) is 0. The zero-order chi connectivity index (χ0) is 15.9. The van der Waals surface area contributed by atoms with Crippen molar-refractivity contribution >= 4 is 11.8 Å². The molecule has 0 N–H and O–H groups in total. The number of thioether (sulfide) groups is 1. The van der Waals surface area contributed by atoms with Crippen molar-refractivity contribution in [3.05, 3.63) is 0 Å². The highest BCUT2D eigenvalue weighted by atomic mass is 32.2. The van der Waals surface area contributed by atoms with E-state index in [4.69, 9.17) is 9.47 Å². The third-order valence-corrected chi connectivity index (χ3v) is 9.19. The highest BCUT2D eigenvalue weighted by molar-refractivity contribution is 8.02. The molecular formula is C20H34O2S. The van der Waals surface area contributed by atoms with Crippen LogP contribution in [-0.2, 0) is 9.47 Å². The Kier molecular flexibility index (Phi) is 4.75. The lowest BCUT2D eigenvalue weighted by Gasteiger charge is -2.37. The van der Waals surface area contributed by atoms with Crippen LogP contribution in [0.1, 0.15) is 78.1 Å². The summed E-state index contributed by atoms with van der Waals surface area (Å²) >= 11 is 2.41. The Balaban J connectivity index is 1.47. The lowest BCUT2D eigenvalue weighted by Crippen LogP contribution is -2.37. The van der Waals surface area contributed by atoms with Gasteiger partial charge in [-0.05, 0) is 76.0 Å². The maximum absolute atomic E-state index is 6.12. The van der Waals surface area contributed by atoms with Crippen LogP contribution < -0.4 is 0 Å². The molecule has 2 nitrogen and oxygen atoms in total. The van der Waals surface area contributed by atoms with Crippen LogP contribution in [0.3, 0.4) is 0 Å². The SMILES string of the molecule is CCC(C1CCCO1)C1(SC2(C(CC)C3CCCO3)CC2)CC1. The molecule has 0 aromatic heterocycles. The molecule has 23 heavy (non-hydrogen) atoms. The van der Waals surface area contributed by atoms with Crippen LogP contribution in [0.25, 0.3) is 0 Å². The Hall–Kier alpha value is 0.270. The molecule has 0 aromatic rings. The molecule has 4 unspecified atom stereocenters. The average molecular weight is 339 g/mol. The Labute approximate surface area is 146 Å². The number of ether oxygens (including phenoxy) is 2. The largest absolute Gasteiger partial charge is 0.378 e. The van der Waals surface area contributed by atoms with Crippen LogP contribution in [-0.4, -0.2) is 34.9 Å². The van der Waals surface area contributed by atoms with Crippen molar-refractivity contribution in [1.82, 2.24) is 0 Å². The highest BCUT2D eigenvalue weighted by Crippen LogP contribution is 2.69. The minimum Gasteiger partial charge on any atom is -0.378 e. The minimum absolute atomic E-state index is 0.548. The maximum atomic E-state index is 6.12. The number of hydrogen-bond donors (Lipinski definition) is 0. The predicted octanol–water partition coefficient (Wildman–Crippen LogP) is 5.20. The first kappa shape index (κ1) is 16.7. The molecule has 3 heteroatoms. The van der Waals surface area contributed by atoms with Gasteiger partial charge >= 0.3 is 0 Å². The third-order valence-electron chi connectivity index (χ3n) is 6.95. The van der Waals surface area contributed by atoms with Gasteiger partial charge in [0, 0.05) is 22.7 Å². The molecule has 2 saturated carbocycles. The first-order valence-electron chi connectivity index (χ1n) is 10.2. The summed E-state index contributed by atoms with van der Waals surface area (Å²) in [4.78, 5) is 0. The van der Waals surface area contributed by atoms with Crippen molar-refractivity contribution in [2.45, 2.75) is 99.8 Å². The minimum atomic E-state index is 0.548. The Bertz CT molecular complexity index is 366. The second-order valence-electron chi connectivity index (χ2n) is 8.36. The van der Waals surface area contributed by atoms with Crippen molar-refractivity contribution in [1.29, 1.82) is 0 Å². The molecule has 132 valence electrons. The summed E-state index contributed by atoms with van der Waals surface area (Å²) in [6.07, 6.45) is 14.6. The van der Waals surface area contributed by atoms with Gasteiger partial charge in [-0.2, -0.15) is 0 Å². The van der Waals surface area contributed by atoms with E-state index in [-0.39, 0.29) is 0 Å². The van der Waals surface area contributed by atoms with Crippen LogP contribution >= 0.6 is 11.8 Å². The Morgan fingerprint density at radius 2 is 1.26 bits per heavy atom. The highest BCUT2D eigenvalue weighted by Gasteiger charge is 2.62. The lowest BCUT2D eigenvalue weighted by atomic mass is 9.91. The molecule has 0 amide bonds. The first-order chi connectivity index (χ1) is 11.2. The van der Waals surface area contributed by atoms with Crippen LogP contribution in [0.15, 0.2) is 0 Å². The zero-order valence-electron chi connectivity index (χ0n) is 15.0. The van der Waals surface area contributed by atoms with E-state index >= 15 is 0 Å². The van der Waals surface area contributed by atoms with E-state index in [0.29, 0.717) is 21.7 Å². The van der Waals surface area contributed by atoms with Gasteiger partial charge in [0.25, 0.3) is 0 Å². The molecule has 2 heterocycles. The van der Waals surface area contributed by atoms with Crippen molar-refractivity contribution in [2.24, 2.45) is 11.8 Å². The topological polar surface area (TPSA) is 18.5 Å². The summed E-state index contributed by atoms with van der Waals surface area (Å²) < 4.78 is 13.3. The molecule has 0 aromatic carbocycles. The lowest BCUT2D eigenvalue weighted by molar-refractivity contribution is 0.0539. The fourth-order valence-electron chi connectivity index (χ4n) is 5.54. The van der Waals surface area contributed by atoms with Crippen LogP contribution in [0, 0.1) is 11.8 Å². The van der Waals surface area contributed by atoms with E-state index in [1.807, 2.05) is 0 Å². The zero-order valence-corrected chi connectivity index (χ0v) is 15.8. The molecule has 2 saturated heterocycles. The second-order valence-corrected chi connectivity index (χ2v) is 10.2. The van der Waals surface area contributed by atoms with Crippen molar-refractivity contribution in [3.63, 3.8) is 0 Å². The monoisotopic (exact) mass is 338 g/mol. The van der Waals surface area contributed by atoms with Gasteiger partial charge in [-0.1, -0.05) is 13.8 Å². The molecule has 4 atom stereocenters. The van der Waals surface area contributed by atoms with Crippen molar-refractivity contribution < 1.29 is 9.47 Å². The smallest absolute Gasteiger partial charge is 0.0617 e. The fraction of sp³-hybridized carbons (Fsp3) is 1.00. The van der Waals surface area contributed by atoms with E-state index in [9.17, 15) is 0 Å². The van der Waals surface area contributed by atoms with E-state index in [2.05, 4.69) is 25.6 Å². The standard InChI is InChI=1S/C20H34O2S/c1-3-15(17-7-5-13-21-17)19(9-10-19)23-20(11-12-20)16(4-2)18-8-6-14-22-18/h15-18H,3-14H2,1-2H3. The Morgan fingerprint density at radius 1 is 0.826 bits per heavy atom. The summed E-state index contributed by atoms with van der Waals surface area (Å²) in [7, 11) is 0. The summed E-state index contributed by atoms with van der Waals surface area (Å²) in [5.74, 6) is 1.57. The van der Waals surface area contributed by atoms with Gasteiger partial charge in [0.2, 0.25) is 0 Å². The molecule has 0 radical (unpaired) electrons. The second kappa shape index (κ2) is 6.53. The van der Waals surface area contributed by atoms with E-state index in [1.165, 1.54) is 64.2 Å². The van der Waals surface area contributed by atoms with E-state index in [0.717, 1.165) is 25.0 Å². The first-order valence-corrected chi connectivity index (χ1v) is 11.0. The maximum Gasteiger partial charge on any atom is 0.0617 e. The van der Waals surface area contributed by atoms with Crippen LogP contribution in [0.2, 0.25) is 0 Å². The molecule has 4 fully saturated rings. The van der Waals surface area contributed by atoms with Gasteiger partial charge in [0.1, 0.15) is 0 Å². The molecule has 0 spiro atoms. The fourth-order valence-corrected chi connectivity index (χ4v) is 7.90. The van der Waals surface area contributed by atoms with Gasteiger partial charge in [0.05, 0.1) is 12.2 Å². The molecule has 2 aliphatic heterocycles. The summed E-state index contributed by atoms with van der Waals surface area (Å²) in [6.45, 7) is 6.79. The summed E-state index contributed by atoms with van der Waals surface area (Å²) in [5, 5.41) is 0. The normalized spacial score (nSPS) is 36.8. The summed E-state index contributed by atoms with van der Waals surface area (Å²) in [6, 6.07) is 0. The van der Waals surface area contributed by atoms with Gasteiger partial charge in [-0.25, -0.2) is 0 Å². The number of hydrogen-bond acceptors (Lipinski definition) is 3. The van der Waals surface area contributed by atoms with Gasteiger partial charge in [0.15, 0.2) is 0 Å².